The number of carbonyl (C=O) groups excluding carboxylic acids is 1. The summed E-state index contributed by atoms with van der Waals surface area (Å²) in [4.78, 5) is 13.4. The zero-order valence-electron chi connectivity index (χ0n) is 15.2. The van der Waals surface area contributed by atoms with Crippen molar-refractivity contribution in [1.82, 2.24) is 9.62 Å². The Hall–Kier alpha value is -2.30. The topological polar surface area (TPSA) is 75.7 Å². The molecule has 1 N–H and O–H groups in total. The molecule has 29 heavy (non-hydrogen) atoms. The summed E-state index contributed by atoms with van der Waals surface area (Å²) in [7, 11) is -2.42. The molecule has 1 amide bonds. The Morgan fingerprint density at radius 2 is 1.76 bits per heavy atom. The van der Waals surface area contributed by atoms with Gasteiger partial charge in [0.05, 0.1) is 4.90 Å². The Kier molecular flexibility index (Phi) is 7.50. The summed E-state index contributed by atoms with van der Waals surface area (Å²) in [6.07, 6.45) is -4.97. The molecule has 2 aromatic rings. The number of alkyl halides is 3. The molecule has 0 spiro atoms. The molecule has 0 heterocycles. The van der Waals surface area contributed by atoms with Crippen molar-refractivity contribution in [3.8, 4) is 5.75 Å². The van der Waals surface area contributed by atoms with Gasteiger partial charge in [-0.3, -0.25) is 4.79 Å². The van der Waals surface area contributed by atoms with Crippen LogP contribution in [0.15, 0.2) is 53.4 Å². The van der Waals surface area contributed by atoms with Gasteiger partial charge in [0.1, 0.15) is 5.75 Å². The highest BCUT2D eigenvalue weighted by Gasteiger charge is 2.31. The zero-order valence-corrected chi connectivity index (χ0v) is 16.8. The fourth-order valence-electron chi connectivity index (χ4n) is 2.36. The van der Waals surface area contributed by atoms with E-state index in [2.05, 4.69) is 9.46 Å². The third-order valence-electron chi connectivity index (χ3n) is 3.79. The quantitative estimate of drug-likeness (QED) is 0.667. The van der Waals surface area contributed by atoms with Crippen LogP contribution in [0.2, 0.25) is 5.02 Å². The van der Waals surface area contributed by atoms with Crippen molar-refractivity contribution in [3.05, 3.63) is 59.1 Å². The summed E-state index contributed by atoms with van der Waals surface area (Å²) in [6, 6.07) is 10.8. The van der Waals surface area contributed by atoms with Gasteiger partial charge in [-0.15, -0.1) is 13.2 Å². The molecule has 0 aliphatic heterocycles. The number of amides is 1. The molecule has 11 heteroatoms. The van der Waals surface area contributed by atoms with Gasteiger partial charge in [0, 0.05) is 31.6 Å². The van der Waals surface area contributed by atoms with Gasteiger partial charge >= 0.3 is 6.36 Å². The number of sulfonamides is 1. The molecule has 0 bridgehead atoms. The van der Waals surface area contributed by atoms with Gasteiger partial charge in [-0.05, 0) is 35.9 Å². The Morgan fingerprint density at radius 3 is 2.34 bits per heavy atom. The molecular weight excluding hydrogens is 433 g/mol. The first-order valence-electron chi connectivity index (χ1n) is 8.31. The molecule has 158 valence electrons. The van der Waals surface area contributed by atoms with Crippen molar-refractivity contribution in [2.45, 2.75) is 24.2 Å². The van der Waals surface area contributed by atoms with E-state index in [1.165, 1.54) is 4.90 Å². The van der Waals surface area contributed by atoms with Crippen molar-refractivity contribution in [2.24, 2.45) is 0 Å². The van der Waals surface area contributed by atoms with Crippen LogP contribution in [0.3, 0.4) is 0 Å². The Balaban J connectivity index is 1.88. The second-order valence-electron chi connectivity index (χ2n) is 6.01. The fraction of sp³-hybridized carbons (Fsp3) is 0.278. The number of carbonyl (C=O) groups is 1. The molecule has 0 radical (unpaired) electrons. The smallest absolute Gasteiger partial charge is 0.406 e. The van der Waals surface area contributed by atoms with E-state index in [1.54, 1.807) is 31.3 Å². The van der Waals surface area contributed by atoms with Crippen molar-refractivity contribution in [1.29, 1.82) is 0 Å². The summed E-state index contributed by atoms with van der Waals surface area (Å²) in [5, 5.41) is 0.519. The second-order valence-corrected chi connectivity index (χ2v) is 8.18. The highest BCUT2D eigenvalue weighted by Crippen LogP contribution is 2.23. The Labute approximate surface area is 171 Å². The maximum Gasteiger partial charge on any atom is 0.573 e. The molecule has 6 nitrogen and oxygen atoms in total. The van der Waals surface area contributed by atoms with Gasteiger partial charge in [-0.2, -0.15) is 0 Å². The zero-order chi connectivity index (χ0) is 21.7. The predicted octanol–water partition coefficient (Wildman–Crippen LogP) is 3.57. The largest absolute Gasteiger partial charge is 0.573 e. The minimum atomic E-state index is -4.87. The van der Waals surface area contributed by atoms with E-state index in [1.807, 2.05) is 0 Å². The summed E-state index contributed by atoms with van der Waals surface area (Å²) >= 11 is 6.05. The van der Waals surface area contributed by atoms with Crippen molar-refractivity contribution in [3.63, 3.8) is 0 Å². The lowest BCUT2D eigenvalue weighted by atomic mass is 10.2. The standard InChI is InChI=1S/C18H18ClF3N2O4S/c1-24(12-13-4-2-3-5-16(13)19)17(25)10-11-23-29(26,27)15-8-6-14(7-9-15)28-18(20,21)22/h2-9,23H,10-12H2,1H3. The Bertz CT molecular complexity index is 950. The number of hydrogen-bond acceptors (Lipinski definition) is 4. The lowest BCUT2D eigenvalue weighted by Crippen LogP contribution is -2.32. The first-order valence-corrected chi connectivity index (χ1v) is 10.2. The van der Waals surface area contributed by atoms with Gasteiger partial charge in [-0.1, -0.05) is 29.8 Å². The number of benzene rings is 2. The average Bonchev–Trinajstić information content (AvgIpc) is 2.62. The van der Waals surface area contributed by atoms with Crippen LogP contribution < -0.4 is 9.46 Å². The summed E-state index contributed by atoms with van der Waals surface area (Å²) in [5.41, 5.74) is 0.756. The van der Waals surface area contributed by atoms with Crippen LogP contribution >= 0.6 is 11.6 Å². The summed E-state index contributed by atoms with van der Waals surface area (Å²) in [5.74, 6) is -0.839. The lowest BCUT2D eigenvalue weighted by molar-refractivity contribution is -0.274. The lowest BCUT2D eigenvalue weighted by Gasteiger charge is -2.18. The van der Waals surface area contributed by atoms with Gasteiger partial charge in [-0.25, -0.2) is 13.1 Å². The van der Waals surface area contributed by atoms with E-state index < -0.39 is 22.1 Å². The maximum atomic E-state index is 12.2. The fourth-order valence-corrected chi connectivity index (χ4v) is 3.58. The average molecular weight is 451 g/mol. The molecule has 2 aromatic carbocycles. The van der Waals surface area contributed by atoms with Crippen molar-refractivity contribution in [2.75, 3.05) is 13.6 Å². The number of hydrogen-bond donors (Lipinski definition) is 1. The van der Waals surface area contributed by atoms with E-state index in [-0.39, 0.29) is 30.3 Å². The molecule has 0 aliphatic carbocycles. The van der Waals surface area contributed by atoms with Gasteiger partial charge < -0.3 is 9.64 Å². The highest BCUT2D eigenvalue weighted by molar-refractivity contribution is 7.89. The predicted molar refractivity (Wildman–Crippen MR) is 101 cm³/mol. The molecule has 0 atom stereocenters. The first kappa shape index (κ1) is 23.0. The third kappa shape index (κ3) is 7.22. The molecular formula is C18H18ClF3N2O4S. The van der Waals surface area contributed by atoms with E-state index >= 15 is 0 Å². The number of nitrogens with one attached hydrogen (secondary N) is 1. The molecule has 0 fully saturated rings. The maximum absolute atomic E-state index is 12.2. The number of halogens is 4. The minimum Gasteiger partial charge on any atom is -0.406 e. The van der Waals surface area contributed by atoms with Crippen LogP contribution in [0.1, 0.15) is 12.0 Å². The van der Waals surface area contributed by atoms with Gasteiger partial charge in [0.15, 0.2) is 0 Å². The number of nitrogens with zero attached hydrogens (tertiary/aromatic N) is 1. The molecule has 0 saturated carbocycles. The second kappa shape index (κ2) is 9.47. The monoisotopic (exact) mass is 450 g/mol. The number of rotatable bonds is 8. The van der Waals surface area contributed by atoms with Crippen molar-refractivity contribution >= 4 is 27.5 Å². The molecule has 0 aromatic heterocycles. The van der Waals surface area contributed by atoms with E-state index in [9.17, 15) is 26.4 Å². The van der Waals surface area contributed by atoms with Crippen LogP contribution in [0.4, 0.5) is 13.2 Å². The van der Waals surface area contributed by atoms with Crippen LogP contribution in [0.5, 0.6) is 5.75 Å². The molecule has 2 rings (SSSR count). The van der Waals surface area contributed by atoms with Gasteiger partial charge in [0.2, 0.25) is 15.9 Å². The highest BCUT2D eigenvalue weighted by atomic mass is 35.5. The van der Waals surface area contributed by atoms with Crippen LogP contribution in [-0.2, 0) is 21.4 Å². The SMILES string of the molecule is CN(Cc1ccccc1Cl)C(=O)CCNS(=O)(=O)c1ccc(OC(F)(F)F)cc1. The molecule has 0 unspecified atom stereocenters. The summed E-state index contributed by atoms with van der Waals surface area (Å²) in [6.45, 7) is 0.0980. The van der Waals surface area contributed by atoms with Gasteiger partial charge in [0.25, 0.3) is 0 Å². The van der Waals surface area contributed by atoms with Crippen LogP contribution in [0.25, 0.3) is 0 Å². The van der Waals surface area contributed by atoms with Crippen molar-refractivity contribution < 1.29 is 31.1 Å². The molecule has 0 aliphatic rings. The van der Waals surface area contributed by atoms with E-state index in [4.69, 9.17) is 11.6 Å². The number of ether oxygens (including phenoxy) is 1. The summed E-state index contributed by atoms with van der Waals surface area (Å²) < 4.78 is 66.8. The Morgan fingerprint density at radius 1 is 1.14 bits per heavy atom. The van der Waals surface area contributed by atoms with Crippen LogP contribution in [0, 0.1) is 0 Å². The first-order chi connectivity index (χ1) is 13.5. The third-order valence-corrected chi connectivity index (χ3v) is 5.64. The minimum absolute atomic E-state index is 0.102. The van der Waals surface area contributed by atoms with Crippen LogP contribution in [-0.4, -0.2) is 39.2 Å². The normalized spacial score (nSPS) is 11.9. The van der Waals surface area contributed by atoms with E-state index in [0.29, 0.717) is 5.02 Å². The van der Waals surface area contributed by atoms with E-state index in [0.717, 1.165) is 29.8 Å². The molecule has 0 saturated heterocycles.